The minimum atomic E-state index is -2.81. The summed E-state index contributed by atoms with van der Waals surface area (Å²) in [4.78, 5) is 244. The van der Waals surface area contributed by atoms with Crippen molar-refractivity contribution < 1.29 is 109 Å². The molecule has 3 unspecified atom stereocenters. The van der Waals surface area contributed by atoms with Gasteiger partial charge in [-0.1, -0.05) is 169 Å². The van der Waals surface area contributed by atoms with Crippen molar-refractivity contribution in [2.24, 2.45) is 17.6 Å². The molecule has 0 bridgehead atoms. The first-order valence-electron chi connectivity index (χ1n) is 43.6. The van der Waals surface area contributed by atoms with Crippen molar-refractivity contribution in [3.63, 3.8) is 0 Å². The number of aliphatic carboxylic acids is 1. The van der Waals surface area contributed by atoms with E-state index in [1.54, 1.807) is 129 Å². The van der Waals surface area contributed by atoms with Crippen molar-refractivity contribution in [2.45, 2.75) is 177 Å². The van der Waals surface area contributed by atoms with Crippen molar-refractivity contribution in [3.8, 4) is 5.75 Å². The Balaban J connectivity index is 1.14. The van der Waals surface area contributed by atoms with E-state index in [9.17, 15) is 48.2 Å². The van der Waals surface area contributed by atoms with Crippen LogP contribution in [0.15, 0.2) is 146 Å². The second-order valence-corrected chi connectivity index (χ2v) is 35.3. The van der Waals surface area contributed by atoms with Crippen molar-refractivity contribution in [1.82, 2.24) is 77.3 Å². The fraction of sp³-hybridized carbons (Fsp3) is 0.426. The number of nitrogens with one attached hydrogen (secondary N) is 10. The van der Waals surface area contributed by atoms with Crippen LogP contribution >= 0.6 is 11.8 Å². The summed E-state index contributed by atoms with van der Waals surface area (Å²) in [6, 6.07) is 20.2. The van der Waals surface area contributed by atoms with E-state index in [0.717, 1.165) is 31.5 Å². The Morgan fingerprint density at radius 1 is 0.515 bits per heavy atom. The Kier molecular flexibility index (Phi) is 36.8. The molecule has 1 aliphatic carbocycles. The number of nitrogens with zero attached hydrogens (tertiary/aromatic N) is 5. The molecule has 1 saturated carbocycles. The van der Waals surface area contributed by atoms with Crippen LogP contribution < -0.4 is 53.6 Å². The smallest absolute Gasteiger partial charge is 0.305 e. The highest BCUT2D eigenvalue weighted by atomic mass is 32.2. The number of halogens is 5. The standard InChI is InChI=1S/C94H113F5N16O18S/c1-11-12-32-68-90(130)112(7)48-73(119)104-64(43-75(121)122)85(125)109-82(52(4)5)92(132)114(9)69(40-54-26-18-14-19-27-54)87(127)106-65(39-56-33-35-58(116)36-34-56)88(128)111(6)47-72(118)103-63(42-57-45-101-61-31-23-22-30-59(57)61)86(126)110-94(44-60(94)76-77(95)79(97)81(99)80(98)78(76)96)93(133)108-62(37-51(2)3)84(124)107-67(83(123)102-46-71(100)117)49-134-50-74(120)105-66(38-53-24-16-13-17-25-53)89(129)115(10)70(91(131)113(68)8)41-55-28-20-15-21-29-55/h13-31,33-36,45,51-52,60,62-70,82,101,116H,11-12,32,37-44,46-50H2,1-10H3,(H2,100,117)(H,102,123)(H,103,118)(H,104,119)(H,105,120)(H,106,127)(H,107,124)(H,108,133)(H,109,125)(H,110,126)(H,121,122)/t60?,62-,63-,64-,65-,66-,67-,68-,69?,70-,82-,94?/m0/s1. The van der Waals surface area contributed by atoms with Crippen molar-refractivity contribution >= 4 is 117 Å². The number of phenols is 1. The summed E-state index contributed by atoms with van der Waals surface area (Å²) >= 11 is 0.699. The van der Waals surface area contributed by atoms with E-state index < -0.39 is 270 Å². The number of hydrogen-bond donors (Lipinski definition) is 13. The Labute approximate surface area is 774 Å². The molecular formula is C94H113F5N16O18S. The van der Waals surface area contributed by atoms with Gasteiger partial charge in [0, 0.05) is 102 Å². The minimum Gasteiger partial charge on any atom is -0.508 e. The van der Waals surface area contributed by atoms with E-state index in [2.05, 4.69) is 52.8 Å². The van der Waals surface area contributed by atoms with E-state index >= 15 is 60.7 Å². The quantitative estimate of drug-likeness (QED) is 0.0262. The van der Waals surface area contributed by atoms with Gasteiger partial charge < -0.3 is 93.3 Å². The zero-order valence-corrected chi connectivity index (χ0v) is 76.5. The van der Waals surface area contributed by atoms with Crippen LogP contribution in [0.1, 0.15) is 112 Å². The molecule has 6 aromatic carbocycles. The number of phenolic OH excluding ortho intramolecular Hbond substituents is 1. The fourth-order valence-corrected chi connectivity index (χ4v) is 16.8. The second kappa shape index (κ2) is 47.5. The third kappa shape index (κ3) is 27.4. The molecule has 718 valence electrons. The molecule has 15 amide bonds. The number of carboxylic acids is 1. The molecule has 14 N–H and O–H groups in total. The lowest BCUT2D eigenvalue weighted by atomic mass is 9.98. The number of primary amides is 1. The zero-order valence-electron chi connectivity index (χ0n) is 75.7. The number of carbonyl (C=O) groups is 16. The number of aromatic nitrogens is 1. The molecule has 1 aromatic heterocycles. The highest BCUT2D eigenvalue weighted by Crippen LogP contribution is 2.54. The summed E-state index contributed by atoms with van der Waals surface area (Å²) in [6.45, 7) is 5.36. The van der Waals surface area contributed by atoms with Gasteiger partial charge in [-0.2, -0.15) is 0 Å². The predicted molar refractivity (Wildman–Crippen MR) is 483 cm³/mol. The molecule has 134 heavy (non-hydrogen) atoms. The number of aromatic amines is 1. The van der Waals surface area contributed by atoms with E-state index in [1.807, 2.05) is 6.92 Å². The molecule has 2 heterocycles. The first-order valence-corrected chi connectivity index (χ1v) is 44.7. The first-order chi connectivity index (χ1) is 63.5. The van der Waals surface area contributed by atoms with Crippen molar-refractivity contribution in [3.05, 3.63) is 208 Å². The van der Waals surface area contributed by atoms with Crippen LogP contribution in [0.5, 0.6) is 5.75 Å². The molecular weight excluding hydrogens is 1770 g/mol. The maximum absolute atomic E-state index is 16.3. The molecule has 1 spiro atoms. The molecule has 1 saturated heterocycles. The largest absolute Gasteiger partial charge is 0.508 e. The number of rotatable bonds is 22. The number of amides is 15. The highest BCUT2D eigenvalue weighted by Gasteiger charge is 2.65. The van der Waals surface area contributed by atoms with Crippen molar-refractivity contribution in [1.29, 1.82) is 0 Å². The minimum absolute atomic E-state index is 0.0134. The SMILES string of the molecule is CCCC[C@H]1C(=O)N(C)CC(=O)N[C@@H](CC(=O)O)C(=O)N[C@@H](C(C)C)C(=O)N(C)C(Cc2ccccc2)C(=O)N[C@@H](Cc2ccc(O)cc2)C(=O)N(C)CC(=O)N[C@@H](Cc2c[nH]c3ccccc23)C(=O)NC2(CC2c2c(F)c(F)c(F)c(F)c2F)C(=O)N[C@@H](CC(C)C)C(=O)N[C@H](C(=O)NCC(N)=O)CSCC(=O)N[C@@H](Cc2ccccc2)C(=O)N(C)[C@@H](Cc2ccccc2)C(=O)N1C. The lowest BCUT2D eigenvalue weighted by Crippen LogP contribution is -2.61. The molecule has 2 aliphatic rings. The van der Waals surface area contributed by atoms with Gasteiger partial charge in [-0.25, -0.2) is 22.0 Å². The normalized spacial score (nSPS) is 23.0. The maximum Gasteiger partial charge on any atom is 0.305 e. The molecule has 9 rings (SSSR count). The highest BCUT2D eigenvalue weighted by molar-refractivity contribution is 8.00. The molecule has 1 aliphatic heterocycles. The third-order valence-corrected chi connectivity index (χ3v) is 24.4. The van der Waals surface area contributed by atoms with Gasteiger partial charge in [-0.3, -0.25) is 76.7 Å². The number of para-hydroxylation sites is 1. The summed E-state index contributed by atoms with van der Waals surface area (Å²) < 4.78 is 78.6. The number of benzene rings is 6. The molecule has 0 radical (unpaired) electrons. The van der Waals surface area contributed by atoms with Gasteiger partial charge in [0.25, 0.3) is 0 Å². The van der Waals surface area contributed by atoms with Gasteiger partial charge in [0.1, 0.15) is 71.7 Å². The molecule has 34 nitrogen and oxygen atoms in total. The van der Waals surface area contributed by atoms with Crippen LogP contribution in [0.2, 0.25) is 0 Å². The maximum atomic E-state index is 16.3. The number of nitrogens with two attached hydrogens (primary N) is 1. The Morgan fingerprint density at radius 2 is 1.01 bits per heavy atom. The Morgan fingerprint density at radius 3 is 1.57 bits per heavy atom. The van der Waals surface area contributed by atoms with Crippen LogP contribution in [0.25, 0.3) is 10.9 Å². The number of hydrogen-bond acceptors (Lipinski definition) is 18. The number of thioether (sulfide) groups is 1. The number of carboxylic acid groups (broad SMARTS) is 1. The van der Waals surface area contributed by atoms with E-state index in [-0.39, 0.29) is 37.9 Å². The summed E-state index contributed by atoms with van der Waals surface area (Å²) in [7, 11) is 6.22. The van der Waals surface area contributed by atoms with Crippen LogP contribution in [-0.4, -0.2) is 267 Å². The molecule has 40 heteroatoms. The number of fused-ring (bicyclic) bond motifs is 1. The monoisotopic (exact) mass is 1880 g/mol. The number of likely N-dealkylation sites (N-methyl/N-ethyl adjacent to an activating group) is 5. The van der Waals surface area contributed by atoms with E-state index in [1.165, 1.54) is 72.5 Å². The summed E-state index contributed by atoms with van der Waals surface area (Å²) in [5, 5.41) is 43.6. The fourth-order valence-electron chi connectivity index (χ4n) is 15.9. The molecule has 2 fully saturated rings. The van der Waals surface area contributed by atoms with Crippen LogP contribution in [-0.2, 0) is 109 Å². The van der Waals surface area contributed by atoms with E-state index in [4.69, 9.17) is 5.73 Å². The van der Waals surface area contributed by atoms with Gasteiger partial charge >= 0.3 is 5.97 Å². The second-order valence-electron chi connectivity index (χ2n) is 34.3. The summed E-state index contributed by atoms with van der Waals surface area (Å²) in [5.74, 6) is -34.8. The Bertz CT molecular complexity index is 5430. The van der Waals surface area contributed by atoms with Gasteiger partial charge in [0.05, 0.1) is 31.8 Å². The number of unbranched alkanes of at least 4 members (excludes halogenated alkanes) is 1. The average molecular weight is 1880 g/mol. The van der Waals surface area contributed by atoms with Gasteiger partial charge in [-0.15, -0.1) is 11.8 Å². The van der Waals surface area contributed by atoms with Gasteiger partial charge in [0.2, 0.25) is 94.4 Å². The predicted octanol–water partition coefficient (Wildman–Crippen LogP) is 3.63. The molecule has 12 atom stereocenters. The van der Waals surface area contributed by atoms with Crippen LogP contribution in [0, 0.1) is 40.9 Å². The lowest BCUT2D eigenvalue weighted by Gasteiger charge is -2.37. The average Bonchev–Trinajstić information content (AvgIpc) is 1.55. The number of carbonyl (C=O) groups excluding carboxylic acids is 15. The topological polar surface area (TPSA) is 480 Å². The van der Waals surface area contributed by atoms with Crippen LogP contribution in [0.4, 0.5) is 22.0 Å². The van der Waals surface area contributed by atoms with Gasteiger partial charge in [-0.05, 0) is 77.1 Å². The van der Waals surface area contributed by atoms with Gasteiger partial charge in [0.15, 0.2) is 23.3 Å². The Hall–Kier alpha value is -13.8. The van der Waals surface area contributed by atoms with Crippen molar-refractivity contribution in [2.75, 3.05) is 66.4 Å². The van der Waals surface area contributed by atoms with Crippen LogP contribution in [0.3, 0.4) is 0 Å². The number of aromatic hydroxyl groups is 1. The molecule has 7 aromatic rings. The summed E-state index contributed by atoms with van der Waals surface area (Å²) in [6.07, 6.45) is -1.78. The number of H-pyrrole nitrogens is 1. The van der Waals surface area contributed by atoms with E-state index in [0.29, 0.717) is 63.3 Å². The third-order valence-electron chi connectivity index (χ3n) is 23.3. The summed E-state index contributed by atoms with van der Waals surface area (Å²) in [5.41, 5.74) is 3.64. The lowest BCUT2D eigenvalue weighted by molar-refractivity contribution is -0.151. The zero-order chi connectivity index (χ0) is 98.3. The first kappa shape index (κ1) is 104.